The molecule has 9 heteroatoms. The zero-order chi connectivity index (χ0) is 20.1. The molecule has 5 rings (SSSR count). The minimum atomic E-state index is -0.949. The maximum atomic E-state index is 14.7. The van der Waals surface area contributed by atoms with Crippen molar-refractivity contribution in [3.05, 3.63) is 40.3 Å². The smallest absolute Gasteiger partial charge is 0.227 e. The van der Waals surface area contributed by atoms with Gasteiger partial charge in [-0.15, -0.1) is 0 Å². The lowest BCUT2D eigenvalue weighted by atomic mass is 9.87. The third-order valence-electron chi connectivity index (χ3n) is 5.72. The Hall–Kier alpha value is -1.96. The monoisotopic (exact) mass is 434 g/mol. The third-order valence-corrected chi connectivity index (χ3v) is 6.42. The van der Waals surface area contributed by atoms with Crippen LogP contribution in [-0.4, -0.2) is 51.0 Å². The summed E-state index contributed by atoms with van der Waals surface area (Å²) < 4.78 is 16.5. The summed E-state index contributed by atoms with van der Waals surface area (Å²) in [5.41, 5.74) is 2.20. The van der Waals surface area contributed by atoms with E-state index < -0.39 is 6.17 Å². The Bertz CT molecular complexity index is 1070. The topological polar surface area (TPSA) is 58.9 Å². The Kier molecular flexibility index (Phi) is 4.84. The molecule has 1 aromatic carbocycles. The summed E-state index contributed by atoms with van der Waals surface area (Å²) >= 11 is 12.9. The number of rotatable bonds is 4. The summed E-state index contributed by atoms with van der Waals surface area (Å²) in [7, 11) is 1.94. The van der Waals surface area contributed by atoms with Gasteiger partial charge in [0.2, 0.25) is 5.95 Å². The van der Waals surface area contributed by atoms with Crippen molar-refractivity contribution in [2.24, 2.45) is 0 Å². The standard InChI is InChI=1S/C20H21Cl2FN6/c1-28-5-4-13(16(23)10-28)14-7-17-11(6-15(14)21)8-24-20(26-17)27-18-9-25-29(19(18)22)12-2-3-12/h6-9,12-13,16H,2-5,10H2,1H3,(H,24,26,27)/t13-,16+/m1/s1. The van der Waals surface area contributed by atoms with Gasteiger partial charge in [0.15, 0.2) is 5.15 Å². The number of hydrogen-bond donors (Lipinski definition) is 1. The Morgan fingerprint density at radius 2 is 2.00 bits per heavy atom. The number of hydrogen-bond acceptors (Lipinski definition) is 5. The lowest BCUT2D eigenvalue weighted by molar-refractivity contribution is 0.139. The molecular weight excluding hydrogens is 414 g/mol. The number of halogens is 3. The van der Waals surface area contributed by atoms with Crippen molar-refractivity contribution in [2.75, 3.05) is 25.5 Å². The second kappa shape index (κ2) is 7.38. The van der Waals surface area contributed by atoms with Gasteiger partial charge in [-0.05, 0) is 50.6 Å². The summed E-state index contributed by atoms with van der Waals surface area (Å²) in [5, 5.41) is 9.42. The SMILES string of the molecule is CN1CC[C@H](c2cc3nc(Nc4cnn(C5CC5)c4Cl)ncc3cc2Cl)[C@@H](F)C1. The van der Waals surface area contributed by atoms with E-state index in [-0.39, 0.29) is 5.92 Å². The van der Waals surface area contributed by atoms with Crippen LogP contribution < -0.4 is 5.32 Å². The number of alkyl halides is 1. The second-order valence-electron chi connectivity index (χ2n) is 7.95. The van der Waals surface area contributed by atoms with Crippen molar-refractivity contribution < 1.29 is 4.39 Å². The van der Waals surface area contributed by atoms with Crippen molar-refractivity contribution in [2.45, 2.75) is 37.4 Å². The Labute approximate surface area is 178 Å². The van der Waals surface area contributed by atoms with E-state index in [0.717, 1.165) is 42.3 Å². The molecule has 1 saturated carbocycles. The molecule has 3 heterocycles. The molecule has 0 radical (unpaired) electrons. The van der Waals surface area contributed by atoms with E-state index in [0.29, 0.717) is 34.4 Å². The van der Waals surface area contributed by atoms with E-state index >= 15 is 0 Å². The van der Waals surface area contributed by atoms with Crippen molar-refractivity contribution in [1.29, 1.82) is 0 Å². The molecule has 3 aromatic rings. The van der Waals surface area contributed by atoms with Crippen molar-refractivity contribution in [1.82, 2.24) is 24.6 Å². The van der Waals surface area contributed by atoms with Gasteiger partial charge >= 0.3 is 0 Å². The highest BCUT2D eigenvalue weighted by molar-refractivity contribution is 6.32. The first-order chi connectivity index (χ1) is 14.0. The average molecular weight is 435 g/mol. The highest BCUT2D eigenvalue weighted by atomic mass is 35.5. The van der Waals surface area contributed by atoms with Gasteiger partial charge in [-0.25, -0.2) is 19.0 Å². The Balaban J connectivity index is 1.45. The summed E-state index contributed by atoms with van der Waals surface area (Å²) in [4.78, 5) is 11.0. The van der Waals surface area contributed by atoms with Gasteiger partial charge in [-0.2, -0.15) is 5.10 Å². The van der Waals surface area contributed by atoms with E-state index in [1.165, 1.54) is 0 Å². The number of likely N-dealkylation sites (tertiary alicyclic amines) is 1. The zero-order valence-corrected chi connectivity index (χ0v) is 17.5. The molecule has 0 amide bonds. The van der Waals surface area contributed by atoms with Crippen LogP contribution in [0.4, 0.5) is 16.0 Å². The Morgan fingerprint density at radius 3 is 2.76 bits per heavy atom. The summed E-state index contributed by atoms with van der Waals surface area (Å²) in [6.45, 7) is 1.26. The molecule has 29 heavy (non-hydrogen) atoms. The van der Waals surface area contributed by atoms with Gasteiger partial charge in [-0.3, -0.25) is 0 Å². The molecule has 2 atom stereocenters. The first-order valence-corrected chi connectivity index (χ1v) is 10.5. The average Bonchev–Trinajstić information content (AvgIpc) is 3.46. The summed E-state index contributed by atoms with van der Waals surface area (Å²) in [5.74, 6) is 0.198. The predicted molar refractivity (Wildman–Crippen MR) is 113 cm³/mol. The third kappa shape index (κ3) is 3.67. The van der Waals surface area contributed by atoms with E-state index in [2.05, 4.69) is 20.4 Å². The van der Waals surface area contributed by atoms with Crippen LogP contribution in [0.3, 0.4) is 0 Å². The van der Waals surface area contributed by atoms with Gasteiger partial charge in [0.05, 0.1) is 23.4 Å². The van der Waals surface area contributed by atoms with E-state index in [4.69, 9.17) is 23.2 Å². The first-order valence-electron chi connectivity index (χ1n) is 9.78. The Morgan fingerprint density at radius 1 is 1.17 bits per heavy atom. The number of aromatic nitrogens is 4. The van der Waals surface area contributed by atoms with Crippen molar-refractivity contribution in [3.63, 3.8) is 0 Å². The number of nitrogens with zero attached hydrogens (tertiary/aromatic N) is 5. The minimum absolute atomic E-state index is 0.222. The molecule has 2 aromatic heterocycles. The van der Waals surface area contributed by atoms with Gasteiger partial charge in [0, 0.05) is 29.1 Å². The van der Waals surface area contributed by atoms with Crippen molar-refractivity contribution in [3.8, 4) is 0 Å². The lowest BCUT2D eigenvalue weighted by Crippen LogP contribution is -2.38. The predicted octanol–water partition coefficient (Wildman–Crippen LogP) is 4.97. The fourth-order valence-electron chi connectivity index (χ4n) is 3.94. The molecule has 0 unspecified atom stereocenters. The molecule has 1 aliphatic carbocycles. The minimum Gasteiger partial charge on any atom is -0.320 e. The fourth-order valence-corrected chi connectivity index (χ4v) is 4.53. The van der Waals surface area contributed by atoms with Crippen LogP contribution in [0, 0.1) is 0 Å². The van der Waals surface area contributed by atoms with Crippen LogP contribution in [-0.2, 0) is 0 Å². The number of piperidine rings is 1. The molecule has 2 aliphatic rings. The number of anilines is 2. The summed E-state index contributed by atoms with van der Waals surface area (Å²) in [6, 6.07) is 4.10. The van der Waals surface area contributed by atoms with Gasteiger partial charge < -0.3 is 10.2 Å². The number of benzene rings is 1. The zero-order valence-electron chi connectivity index (χ0n) is 15.9. The van der Waals surface area contributed by atoms with Gasteiger partial charge in [0.25, 0.3) is 0 Å². The van der Waals surface area contributed by atoms with E-state index in [1.807, 2.05) is 28.8 Å². The molecule has 1 N–H and O–H groups in total. The molecular formula is C20H21Cl2FN6. The summed E-state index contributed by atoms with van der Waals surface area (Å²) in [6.07, 6.45) is 5.38. The molecule has 0 spiro atoms. The molecule has 1 saturated heterocycles. The molecule has 2 fully saturated rings. The van der Waals surface area contributed by atoms with Gasteiger partial charge in [0.1, 0.15) is 6.17 Å². The highest BCUT2D eigenvalue weighted by Gasteiger charge is 2.31. The fraction of sp³-hybridized carbons (Fsp3) is 0.450. The molecule has 6 nitrogen and oxygen atoms in total. The van der Waals surface area contributed by atoms with Crippen LogP contribution >= 0.6 is 23.2 Å². The normalized spacial score (nSPS) is 22.9. The number of fused-ring (bicyclic) bond motifs is 1. The van der Waals surface area contributed by atoms with Crippen LogP contribution in [0.5, 0.6) is 0 Å². The van der Waals surface area contributed by atoms with Crippen LogP contribution in [0.2, 0.25) is 10.2 Å². The second-order valence-corrected chi connectivity index (χ2v) is 8.71. The van der Waals surface area contributed by atoms with E-state index in [1.54, 1.807) is 12.4 Å². The quantitative estimate of drug-likeness (QED) is 0.627. The molecule has 1 aliphatic heterocycles. The lowest BCUT2D eigenvalue weighted by Gasteiger charge is -2.33. The molecule has 152 valence electrons. The number of nitrogens with one attached hydrogen (secondary N) is 1. The van der Waals surface area contributed by atoms with Crippen LogP contribution in [0.25, 0.3) is 10.9 Å². The maximum absolute atomic E-state index is 14.7. The van der Waals surface area contributed by atoms with Gasteiger partial charge in [-0.1, -0.05) is 23.2 Å². The van der Waals surface area contributed by atoms with Crippen LogP contribution in [0.1, 0.15) is 36.8 Å². The van der Waals surface area contributed by atoms with Crippen molar-refractivity contribution >= 4 is 45.7 Å². The largest absolute Gasteiger partial charge is 0.320 e. The van der Waals surface area contributed by atoms with Crippen LogP contribution in [0.15, 0.2) is 24.5 Å². The first kappa shape index (κ1) is 19.0. The highest BCUT2D eigenvalue weighted by Crippen LogP contribution is 2.39. The van der Waals surface area contributed by atoms with E-state index in [9.17, 15) is 4.39 Å². The molecule has 0 bridgehead atoms. The maximum Gasteiger partial charge on any atom is 0.227 e.